The van der Waals surface area contributed by atoms with Crippen LogP contribution in [-0.2, 0) is 96.9 Å². The van der Waals surface area contributed by atoms with E-state index in [9.17, 15) is 43.2 Å². The molecule has 4 rings (SSSR count). The van der Waals surface area contributed by atoms with Gasteiger partial charge in [-0.15, -0.1) is 0 Å². The van der Waals surface area contributed by atoms with E-state index < -0.39 is 66.7 Å². The second kappa shape index (κ2) is 41.5. The summed E-state index contributed by atoms with van der Waals surface area (Å²) in [6.45, 7) is 12.6. The van der Waals surface area contributed by atoms with E-state index in [4.69, 9.17) is 47.4 Å². The van der Waals surface area contributed by atoms with Crippen LogP contribution in [0.5, 0.6) is 0 Å². The summed E-state index contributed by atoms with van der Waals surface area (Å²) in [6.07, 6.45) is 4.71. The van der Waals surface area contributed by atoms with Crippen LogP contribution in [0.4, 0.5) is 0 Å². The molecule has 474 valence electrons. The second-order valence-corrected chi connectivity index (χ2v) is 21.8. The number of carbonyl (C=O) groups is 9. The normalized spacial score (nSPS) is 17.8. The minimum absolute atomic E-state index is 0.0247. The summed E-state index contributed by atoms with van der Waals surface area (Å²) in [4.78, 5) is 114. The van der Waals surface area contributed by atoms with E-state index in [1.165, 1.54) is 4.90 Å². The van der Waals surface area contributed by atoms with Gasteiger partial charge >= 0.3 is 0 Å². The minimum Gasteiger partial charge on any atom is -0.377 e. The largest absolute Gasteiger partial charge is 0.377 e. The van der Waals surface area contributed by atoms with Gasteiger partial charge in [-0.25, -0.2) is 0 Å². The first kappa shape index (κ1) is 70.9. The highest BCUT2D eigenvalue weighted by Crippen LogP contribution is 2.37. The van der Waals surface area contributed by atoms with Crippen molar-refractivity contribution >= 4 is 53.0 Å². The van der Waals surface area contributed by atoms with Gasteiger partial charge in [-0.3, -0.25) is 48.1 Å². The summed E-state index contributed by atoms with van der Waals surface area (Å²) in [7, 11) is 0. The van der Waals surface area contributed by atoms with E-state index in [2.05, 4.69) is 31.9 Å². The molecule has 3 aliphatic rings. The number of benzene rings is 1. The molecule has 26 heteroatoms. The van der Waals surface area contributed by atoms with Gasteiger partial charge in [0, 0.05) is 43.2 Å². The molecule has 1 aromatic rings. The third-order valence-electron chi connectivity index (χ3n) is 13.7. The number of nitrogens with one attached hydrogen (secondary N) is 6. The predicted octanol–water partition coefficient (Wildman–Crippen LogP) is 0.0136. The van der Waals surface area contributed by atoms with Gasteiger partial charge in [-0.05, 0) is 55.9 Å². The smallest absolute Gasteiger partial charge is 0.246 e. The van der Waals surface area contributed by atoms with E-state index in [1.54, 1.807) is 37.3 Å². The molecule has 26 nitrogen and oxygen atoms in total. The van der Waals surface area contributed by atoms with Crippen molar-refractivity contribution in [2.24, 2.45) is 29.1 Å². The summed E-state index contributed by atoms with van der Waals surface area (Å²) in [6, 6.07) is 7.84. The number of amides is 8. The molecule has 3 fully saturated rings. The highest BCUT2D eigenvalue weighted by Gasteiger charge is 2.41. The Labute approximate surface area is 493 Å². The first-order valence-electron chi connectivity index (χ1n) is 29.4. The second-order valence-electron chi connectivity index (χ2n) is 21.8. The fourth-order valence-corrected chi connectivity index (χ4v) is 8.81. The summed E-state index contributed by atoms with van der Waals surface area (Å²) in [5, 5.41) is 15.4. The lowest BCUT2D eigenvalue weighted by Gasteiger charge is -2.30. The van der Waals surface area contributed by atoms with Crippen molar-refractivity contribution in [3.8, 4) is 0 Å². The van der Waals surface area contributed by atoms with E-state index in [0.29, 0.717) is 119 Å². The fraction of sp³-hybridized carbons (Fsp3) is 0.741. The average Bonchev–Trinajstić information content (AvgIpc) is 4.50. The molecule has 0 aromatic heterocycles. The molecule has 0 spiro atoms. The quantitative estimate of drug-likeness (QED) is 0.0285. The molecule has 8 amide bonds. The molecule has 1 unspecified atom stereocenters. The van der Waals surface area contributed by atoms with Gasteiger partial charge in [0.1, 0.15) is 25.5 Å². The standard InChI is InChI=1S/C58H93N7O19/c1-42-34-52(70)65(57(42)74)39-44-10-12-46(13-11-44)55(72)59-16-17-75-18-19-76-20-21-77-22-23-78-24-25-79-26-27-80-28-29-81-30-31-82-32-33-83-40-51(69)61-36-48(66)60-38-50(68)64-47(35-43-8-6-5-7-9-43)56(73)62-37-49(67)63-41-84-53(45-14-15-45)54(71)58(2,3)4/h5-9,42,44-47,53H,10-41H2,1-4H3,(H,59,72)(H,60,66)(H,61,69)(H,62,73)(H,63,67)(H,64,68)/t42?,44?,46?,47-,53-/m0/s1. The van der Waals surface area contributed by atoms with Crippen LogP contribution in [0.3, 0.4) is 0 Å². The van der Waals surface area contributed by atoms with Crippen LogP contribution >= 0.6 is 0 Å². The van der Waals surface area contributed by atoms with Crippen LogP contribution in [0.25, 0.3) is 0 Å². The Balaban J connectivity index is 0.849. The molecule has 1 aromatic carbocycles. The molecule has 1 aliphatic heterocycles. The van der Waals surface area contributed by atoms with Gasteiger partial charge in [-0.1, -0.05) is 58.0 Å². The highest BCUT2D eigenvalue weighted by atomic mass is 16.6. The topological polar surface area (TPSA) is 321 Å². The summed E-state index contributed by atoms with van der Waals surface area (Å²) in [5.74, 6) is -3.11. The van der Waals surface area contributed by atoms with Crippen molar-refractivity contribution < 1.29 is 90.5 Å². The Morgan fingerprint density at radius 3 is 1.54 bits per heavy atom. The zero-order valence-electron chi connectivity index (χ0n) is 49.7. The van der Waals surface area contributed by atoms with Gasteiger partial charge in [0.2, 0.25) is 47.3 Å². The molecular weight excluding hydrogens is 1100 g/mol. The molecule has 2 saturated carbocycles. The SMILES string of the molecule is CC1CC(=O)N(CC2CCC(C(=O)NCCOCCOCCOCCOCCOCCOCCOCCOCCOCC(=O)NCC(=O)NCC(=O)N[C@@H](Cc3ccccc3)C(=O)NCC(=O)NCO[C@H](C(=O)C(C)(C)C)C3CC3)CC2)C1=O. The van der Waals surface area contributed by atoms with E-state index in [-0.39, 0.29) is 80.1 Å². The van der Waals surface area contributed by atoms with Crippen LogP contribution in [0.1, 0.15) is 78.2 Å². The van der Waals surface area contributed by atoms with Gasteiger partial charge in [0.25, 0.3) is 0 Å². The minimum atomic E-state index is -1.08. The van der Waals surface area contributed by atoms with Crippen molar-refractivity contribution in [2.75, 3.05) is 158 Å². The van der Waals surface area contributed by atoms with Crippen LogP contribution in [0, 0.1) is 29.1 Å². The maximum Gasteiger partial charge on any atom is 0.246 e. The number of likely N-dealkylation sites (tertiary alicyclic amines) is 1. The predicted molar refractivity (Wildman–Crippen MR) is 303 cm³/mol. The van der Waals surface area contributed by atoms with Crippen molar-refractivity contribution in [1.29, 1.82) is 0 Å². The third kappa shape index (κ3) is 31.0. The monoisotopic (exact) mass is 1190 g/mol. The summed E-state index contributed by atoms with van der Waals surface area (Å²) < 4.78 is 55.1. The lowest BCUT2D eigenvalue weighted by Crippen LogP contribution is -2.52. The third-order valence-corrected chi connectivity index (χ3v) is 13.7. The number of nitrogens with zero attached hydrogens (tertiary/aromatic N) is 1. The fourth-order valence-electron chi connectivity index (χ4n) is 8.81. The number of ketones is 1. The lowest BCUT2D eigenvalue weighted by atomic mass is 9.81. The Morgan fingerprint density at radius 2 is 1.04 bits per heavy atom. The van der Waals surface area contributed by atoms with Crippen LogP contribution < -0.4 is 31.9 Å². The Kier molecular flexibility index (Phi) is 35.0. The van der Waals surface area contributed by atoms with Gasteiger partial charge < -0.3 is 79.3 Å². The number of Topliss-reactive ketones (excluding diaryl/α,β-unsaturated/α-hetero) is 1. The van der Waals surface area contributed by atoms with Crippen LogP contribution in [0.15, 0.2) is 30.3 Å². The number of hydrogen-bond donors (Lipinski definition) is 6. The zero-order chi connectivity index (χ0) is 60.8. The highest BCUT2D eigenvalue weighted by molar-refractivity contribution is 6.03. The summed E-state index contributed by atoms with van der Waals surface area (Å²) >= 11 is 0. The zero-order valence-corrected chi connectivity index (χ0v) is 49.7. The maximum atomic E-state index is 13.2. The van der Waals surface area contributed by atoms with E-state index >= 15 is 0 Å². The van der Waals surface area contributed by atoms with Crippen molar-refractivity contribution in [3.63, 3.8) is 0 Å². The molecule has 0 radical (unpaired) electrons. The molecule has 84 heavy (non-hydrogen) atoms. The molecule has 1 saturated heterocycles. The lowest BCUT2D eigenvalue weighted by molar-refractivity contribution is -0.142. The van der Waals surface area contributed by atoms with Crippen molar-refractivity contribution in [1.82, 2.24) is 36.8 Å². The maximum absolute atomic E-state index is 13.2. The average molecular weight is 1190 g/mol. The van der Waals surface area contributed by atoms with Crippen LogP contribution in [0.2, 0.25) is 0 Å². The number of rotatable bonds is 47. The molecule has 6 N–H and O–H groups in total. The Morgan fingerprint density at radius 1 is 0.560 bits per heavy atom. The van der Waals surface area contributed by atoms with E-state index in [1.807, 2.05) is 20.8 Å². The molecule has 1 heterocycles. The van der Waals surface area contributed by atoms with Crippen molar-refractivity contribution in [2.45, 2.75) is 91.2 Å². The molecule has 3 atom stereocenters. The molecule has 2 aliphatic carbocycles. The molecule has 0 bridgehead atoms. The van der Waals surface area contributed by atoms with E-state index in [0.717, 1.165) is 44.1 Å². The summed E-state index contributed by atoms with van der Waals surface area (Å²) in [5.41, 5.74) is 0.152. The number of ether oxygens (including phenoxy) is 10. The van der Waals surface area contributed by atoms with Gasteiger partial charge in [0.15, 0.2) is 5.78 Å². The Hall–Kier alpha value is -5.55. The Bertz CT molecular complexity index is 2140. The van der Waals surface area contributed by atoms with Crippen LogP contribution in [-0.4, -0.2) is 228 Å². The van der Waals surface area contributed by atoms with Crippen molar-refractivity contribution in [3.05, 3.63) is 35.9 Å². The number of carbonyl (C=O) groups excluding carboxylic acids is 9. The van der Waals surface area contributed by atoms with Gasteiger partial charge in [0.05, 0.1) is 132 Å². The first-order valence-corrected chi connectivity index (χ1v) is 29.4. The first-order chi connectivity index (χ1) is 40.5. The molecular formula is C58H93N7O19. The number of imide groups is 1. The number of hydrogen-bond acceptors (Lipinski definition) is 19. The van der Waals surface area contributed by atoms with Gasteiger partial charge in [-0.2, -0.15) is 0 Å².